The number of hydrogen-bond acceptors (Lipinski definition) is 4. The Balaban J connectivity index is 2.47. The summed E-state index contributed by atoms with van der Waals surface area (Å²) >= 11 is 0. The molecule has 6 heteroatoms. The molecule has 0 bridgehead atoms. The smallest absolute Gasteiger partial charge is 0.213 e. The molecule has 1 fully saturated rings. The van der Waals surface area contributed by atoms with Gasteiger partial charge in [0, 0.05) is 26.1 Å². The molecule has 1 saturated heterocycles. The lowest BCUT2D eigenvalue weighted by Crippen LogP contribution is -2.45. The maximum absolute atomic E-state index is 11.7. The molecule has 1 aliphatic heterocycles. The van der Waals surface area contributed by atoms with Crippen molar-refractivity contribution in [3.8, 4) is 0 Å². The van der Waals surface area contributed by atoms with E-state index in [9.17, 15) is 13.5 Å². The molecule has 0 unspecified atom stereocenters. The SMILES string of the molecule is C=CC[C@@]1(CO)CCCN(CCCS(=O)(=O)N(C)C)C1. The molecule has 1 N–H and O–H groups in total. The van der Waals surface area contributed by atoms with Gasteiger partial charge in [0.25, 0.3) is 0 Å². The summed E-state index contributed by atoms with van der Waals surface area (Å²) in [5.74, 6) is 0.185. The summed E-state index contributed by atoms with van der Waals surface area (Å²) in [5, 5.41) is 9.64. The van der Waals surface area contributed by atoms with E-state index in [0.717, 1.165) is 38.9 Å². The summed E-state index contributed by atoms with van der Waals surface area (Å²) in [6.07, 6.45) is 5.39. The molecule has 0 spiro atoms. The average molecular weight is 304 g/mol. The minimum atomic E-state index is -3.10. The first kappa shape index (κ1) is 17.6. The van der Waals surface area contributed by atoms with Gasteiger partial charge in [-0.05, 0) is 38.8 Å². The van der Waals surface area contributed by atoms with Crippen LogP contribution in [0.1, 0.15) is 25.7 Å². The van der Waals surface area contributed by atoms with Crippen molar-refractivity contribution in [1.82, 2.24) is 9.21 Å². The maximum atomic E-state index is 11.7. The Morgan fingerprint density at radius 1 is 1.45 bits per heavy atom. The minimum absolute atomic E-state index is 0.0829. The van der Waals surface area contributed by atoms with Crippen LogP contribution in [0.4, 0.5) is 0 Å². The zero-order valence-electron chi connectivity index (χ0n) is 12.7. The molecule has 1 aliphatic rings. The third kappa shape index (κ3) is 4.84. The van der Waals surface area contributed by atoms with Crippen molar-refractivity contribution in [3.05, 3.63) is 12.7 Å². The van der Waals surface area contributed by atoms with Crippen LogP contribution in [0.15, 0.2) is 12.7 Å². The molecule has 5 nitrogen and oxygen atoms in total. The predicted molar refractivity (Wildman–Crippen MR) is 82.1 cm³/mol. The van der Waals surface area contributed by atoms with Crippen LogP contribution < -0.4 is 0 Å². The largest absolute Gasteiger partial charge is 0.396 e. The number of piperidine rings is 1. The second-order valence-electron chi connectivity index (χ2n) is 5.98. The number of sulfonamides is 1. The van der Waals surface area contributed by atoms with Crippen LogP contribution in [0.5, 0.6) is 0 Å². The van der Waals surface area contributed by atoms with Gasteiger partial charge < -0.3 is 10.0 Å². The van der Waals surface area contributed by atoms with Crippen LogP contribution in [0.2, 0.25) is 0 Å². The molecule has 0 radical (unpaired) electrons. The first-order valence-corrected chi connectivity index (χ1v) is 8.80. The standard InChI is InChI=1S/C14H28N2O3S/c1-4-7-14(13-17)8-5-9-16(12-14)10-6-11-20(18,19)15(2)3/h4,17H,1,5-13H2,2-3H3/t14-/m1/s1. The van der Waals surface area contributed by atoms with Crippen molar-refractivity contribution in [3.63, 3.8) is 0 Å². The van der Waals surface area contributed by atoms with E-state index in [-0.39, 0.29) is 17.8 Å². The quantitative estimate of drug-likeness (QED) is 0.677. The second-order valence-corrected chi connectivity index (χ2v) is 8.28. The molecular formula is C14H28N2O3S. The Kier molecular flexibility index (Phi) is 6.64. The van der Waals surface area contributed by atoms with Gasteiger partial charge >= 0.3 is 0 Å². The first-order valence-electron chi connectivity index (χ1n) is 7.19. The normalized spacial score (nSPS) is 25.0. The van der Waals surface area contributed by atoms with E-state index in [1.54, 1.807) is 14.1 Å². The van der Waals surface area contributed by atoms with Gasteiger partial charge in [0.1, 0.15) is 0 Å². The third-order valence-electron chi connectivity index (χ3n) is 4.09. The summed E-state index contributed by atoms with van der Waals surface area (Å²) in [7, 11) is 0.0307. The number of nitrogens with zero attached hydrogens (tertiary/aromatic N) is 2. The highest BCUT2D eigenvalue weighted by molar-refractivity contribution is 7.89. The molecule has 1 rings (SSSR count). The molecule has 0 aromatic heterocycles. The second kappa shape index (κ2) is 7.54. The average Bonchev–Trinajstić information content (AvgIpc) is 2.39. The van der Waals surface area contributed by atoms with Crippen molar-refractivity contribution < 1.29 is 13.5 Å². The van der Waals surface area contributed by atoms with Gasteiger partial charge in [-0.25, -0.2) is 12.7 Å². The summed E-state index contributed by atoms with van der Waals surface area (Å²) in [6, 6.07) is 0. The number of allylic oxidation sites excluding steroid dienone is 1. The molecule has 1 atom stereocenters. The molecular weight excluding hydrogens is 276 g/mol. The summed E-state index contributed by atoms with van der Waals surface area (Å²) < 4.78 is 24.7. The van der Waals surface area contributed by atoms with E-state index in [4.69, 9.17) is 0 Å². The van der Waals surface area contributed by atoms with Gasteiger partial charge in [-0.1, -0.05) is 6.08 Å². The highest BCUT2D eigenvalue weighted by Gasteiger charge is 2.33. The van der Waals surface area contributed by atoms with Crippen molar-refractivity contribution in [2.45, 2.75) is 25.7 Å². The first-order chi connectivity index (χ1) is 9.35. The highest BCUT2D eigenvalue weighted by Crippen LogP contribution is 2.33. The lowest BCUT2D eigenvalue weighted by molar-refractivity contribution is 0.0346. The maximum Gasteiger partial charge on any atom is 0.213 e. The van der Waals surface area contributed by atoms with Crippen molar-refractivity contribution >= 4 is 10.0 Å². The Hall–Kier alpha value is -0.430. The fourth-order valence-electron chi connectivity index (χ4n) is 2.82. The molecule has 0 aromatic carbocycles. The van der Waals surface area contributed by atoms with E-state index < -0.39 is 10.0 Å². The van der Waals surface area contributed by atoms with Gasteiger partial charge in [0.05, 0.1) is 12.4 Å². The van der Waals surface area contributed by atoms with Crippen molar-refractivity contribution in [1.29, 1.82) is 0 Å². The van der Waals surface area contributed by atoms with Crippen LogP contribution in [0.25, 0.3) is 0 Å². The fourth-order valence-corrected chi connectivity index (χ4v) is 3.68. The molecule has 0 aliphatic carbocycles. The Morgan fingerprint density at radius 3 is 2.70 bits per heavy atom. The molecule has 0 amide bonds. The van der Waals surface area contributed by atoms with Crippen LogP contribution in [-0.4, -0.2) is 68.8 Å². The van der Waals surface area contributed by atoms with Crippen LogP contribution in [0.3, 0.4) is 0 Å². The van der Waals surface area contributed by atoms with E-state index >= 15 is 0 Å². The van der Waals surface area contributed by atoms with E-state index in [1.165, 1.54) is 4.31 Å². The monoisotopic (exact) mass is 304 g/mol. The summed E-state index contributed by atoms with van der Waals surface area (Å²) in [6.45, 7) is 6.53. The van der Waals surface area contributed by atoms with E-state index in [2.05, 4.69) is 11.5 Å². The molecule has 0 saturated carbocycles. The van der Waals surface area contributed by atoms with Crippen LogP contribution >= 0.6 is 0 Å². The van der Waals surface area contributed by atoms with Gasteiger partial charge in [-0.15, -0.1) is 6.58 Å². The van der Waals surface area contributed by atoms with Crippen LogP contribution in [0, 0.1) is 5.41 Å². The molecule has 118 valence electrons. The van der Waals surface area contributed by atoms with Gasteiger partial charge in [0.15, 0.2) is 0 Å². The van der Waals surface area contributed by atoms with Crippen molar-refractivity contribution in [2.24, 2.45) is 5.41 Å². The van der Waals surface area contributed by atoms with Crippen LogP contribution in [-0.2, 0) is 10.0 Å². The fraction of sp³-hybridized carbons (Fsp3) is 0.857. The third-order valence-corrected chi connectivity index (χ3v) is 6.00. The van der Waals surface area contributed by atoms with E-state index in [0.29, 0.717) is 6.42 Å². The van der Waals surface area contributed by atoms with Crippen molar-refractivity contribution in [2.75, 3.05) is 46.1 Å². The number of likely N-dealkylation sites (tertiary alicyclic amines) is 1. The topological polar surface area (TPSA) is 60.9 Å². The van der Waals surface area contributed by atoms with Gasteiger partial charge in [0.2, 0.25) is 10.0 Å². The Bertz CT molecular complexity index is 409. The number of hydrogen-bond donors (Lipinski definition) is 1. The van der Waals surface area contributed by atoms with E-state index in [1.807, 2.05) is 6.08 Å². The minimum Gasteiger partial charge on any atom is -0.396 e. The molecule has 1 heterocycles. The molecule has 0 aromatic rings. The lowest BCUT2D eigenvalue weighted by Gasteiger charge is -2.41. The zero-order valence-corrected chi connectivity index (χ0v) is 13.5. The number of rotatable bonds is 8. The van der Waals surface area contributed by atoms with Gasteiger partial charge in [-0.2, -0.15) is 0 Å². The highest BCUT2D eigenvalue weighted by atomic mass is 32.2. The summed E-state index contributed by atoms with van der Waals surface area (Å²) in [4.78, 5) is 2.27. The van der Waals surface area contributed by atoms with Gasteiger partial charge in [-0.3, -0.25) is 0 Å². The Morgan fingerprint density at radius 2 is 2.15 bits per heavy atom. The lowest BCUT2D eigenvalue weighted by atomic mass is 9.78. The zero-order chi connectivity index (χ0) is 15.2. The predicted octanol–water partition coefficient (Wildman–Crippen LogP) is 0.918. The number of aliphatic hydroxyl groups excluding tert-OH is 1. The Labute approximate surface area is 123 Å². The number of aliphatic hydroxyl groups is 1. The molecule has 20 heavy (non-hydrogen) atoms. The summed E-state index contributed by atoms with van der Waals surface area (Å²) in [5.41, 5.74) is -0.0829.